The topological polar surface area (TPSA) is 98.7 Å². The number of amides is 1. The summed E-state index contributed by atoms with van der Waals surface area (Å²) in [6.07, 6.45) is -5.23. The van der Waals surface area contributed by atoms with Crippen LogP contribution in [0.3, 0.4) is 0 Å². The number of fused-ring (bicyclic) bond motifs is 2. The Hall–Kier alpha value is -3.64. The van der Waals surface area contributed by atoms with Crippen LogP contribution in [0.25, 0.3) is 5.95 Å². The Labute approximate surface area is 207 Å². The normalized spacial score (nSPS) is 19.5. The van der Waals surface area contributed by atoms with Crippen LogP contribution in [-0.4, -0.2) is 37.8 Å². The number of nitrogen functional groups attached to an aromatic ring is 1. The van der Waals surface area contributed by atoms with Gasteiger partial charge in [0.1, 0.15) is 22.9 Å². The largest absolute Gasteiger partial charge is 0.453 e. The van der Waals surface area contributed by atoms with Gasteiger partial charge >= 0.3 is 12.1 Å². The summed E-state index contributed by atoms with van der Waals surface area (Å²) in [4.78, 5) is 21.7. The highest BCUT2D eigenvalue weighted by atomic mass is 19.4. The molecular formula is C24H22F6N6O. The Morgan fingerprint density at radius 1 is 1.14 bits per heavy atom. The maximum absolute atomic E-state index is 13.9. The second-order valence-electron chi connectivity index (χ2n) is 9.41. The summed E-state index contributed by atoms with van der Waals surface area (Å²) in [7, 11) is 0. The molecule has 2 aromatic heterocycles. The number of hydrogen-bond donors (Lipinski definition) is 2. The zero-order valence-corrected chi connectivity index (χ0v) is 19.6. The summed E-state index contributed by atoms with van der Waals surface area (Å²) in [5.41, 5.74) is 6.80. The van der Waals surface area contributed by atoms with Crippen molar-refractivity contribution in [2.75, 3.05) is 11.1 Å². The molecule has 196 valence electrons. The molecule has 13 heteroatoms. The molecule has 0 fully saturated rings. The lowest BCUT2D eigenvalue weighted by Crippen LogP contribution is -2.36. The van der Waals surface area contributed by atoms with E-state index < -0.39 is 42.1 Å². The van der Waals surface area contributed by atoms with Gasteiger partial charge < -0.3 is 11.1 Å². The Morgan fingerprint density at radius 3 is 2.57 bits per heavy atom. The summed E-state index contributed by atoms with van der Waals surface area (Å²) < 4.78 is 80.5. The number of benzene rings is 1. The van der Waals surface area contributed by atoms with Gasteiger partial charge in [0.15, 0.2) is 0 Å². The van der Waals surface area contributed by atoms with E-state index in [4.69, 9.17) is 5.73 Å². The Balaban J connectivity index is 1.56. The highest BCUT2D eigenvalue weighted by Gasteiger charge is 2.56. The van der Waals surface area contributed by atoms with E-state index in [1.807, 2.05) is 0 Å². The first-order chi connectivity index (χ1) is 17.3. The third kappa shape index (κ3) is 4.00. The van der Waals surface area contributed by atoms with Gasteiger partial charge in [-0.3, -0.25) is 4.79 Å². The van der Waals surface area contributed by atoms with Crippen LogP contribution in [-0.2, 0) is 29.5 Å². The summed E-state index contributed by atoms with van der Waals surface area (Å²) in [5.74, 6) is -5.92. The average Bonchev–Trinajstić information content (AvgIpc) is 3.32. The van der Waals surface area contributed by atoms with E-state index in [0.717, 1.165) is 12.8 Å². The molecule has 3 aromatic rings. The number of nitrogens with zero attached hydrogens (tertiary/aromatic N) is 4. The molecule has 1 aliphatic carbocycles. The molecule has 0 saturated heterocycles. The second kappa shape index (κ2) is 8.45. The average molecular weight is 524 g/mol. The molecule has 0 spiro atoms. The van der Waals surface area contributed by atoms with Crippen LogP contribution in [0, 0.1) is 5.82 Å². The van der Waals surface area contributed by atoms with Crippen molar-refractivity contribution >= 4 is 17.5 Å². The predicted molar refractivity (Wildman–Crippen MR) is 121 cm³/mol. The van der Waals surface area contributed by atoms with Gasteiger partial charge in [0.05, 0.1) is 17.0 Å². The van der Waals surface area contributed by atoms with Crippen molar-refractivity contribution < 1.29 is 31.1 Å². The fraction of sp³-hybridized carbons (Fsp3) is 0.417. The molecule has 2 aliphatic rings. The molecule has 5 rings (SSSR count). The molecule has 3 N–H and O–H groups in total. The monoisotopic (exact) mass is 524 g/mol. The van der Waals surface area contributed by atoms with Crippen LogP contribution in [0.5, 0.6) is 0 Å². The lowest BCUT2D eigenvalue weighted by molar-refractivity contribution is -0.284. The Kier molecular flexibility index (Phi) is 5.72. The first kappa shape index (κ1) is 25.0. The molecule has 1 atom stereocenters. The van der Waals surface area contributed by atoms with Crippen LogP contribution < -0.4 is 11.1 Å². The van der Waals surface area contributed by atoms with E-state index in [1.54, 1.807) is 13.0 Å². The summed E-state index contributed by atoms with van der Waals surface area (Å²) in [6, 6.07) is 5.51. The number of halogens is 6. The highest BCUT2D eigenvalue weighted by Crippen LogP contribution is 2.45. The van der Waals surface area contributed by atoms with Gasteiger partial charge in [-0.15, -0.1) is 0 Å². The molecule has 37 heavy (non-hydrogen) atoms. The zero-order chi connectivity index (χ0) is 26.8. The number of hydrogen-bond acceptors (Lipinski definition) is 5. The minimum absolute atomic E-state index is 0.0491. The quantitative estimate of drug-likeness (QED) is 0.474. The standard InChI is InChI=1S/C24H22F6N6O/c1-22(12-5-4-6-13(25)11-12)17-18(31)32-21(34-19(17)33-20(22)37)36-16-8-3-2-7-14(16)15(35-36)9-10-23(26,27)24(28,29)30/h4-6,11H,2-3,7-10H2,1H3,(H3,31,32,33,34,37). The first-order valence-electron chi connectivity index (χ1n) is 11.6. The van der Waals surface area contributed by atoms with Crippen LogP contribution in [0.1, 0.15) is 54.3 Å². The van der Waals surface area contributed by atoms with Crippen LogP contribution >= 0.6 is 0 Å². The minimum Gasteiger partial charge on any atom is -0.383 e. The second-order valence-corrected chi connectivity index (χ2v) is 9.41. The van der Waals surface area contributed by atoms with Crippen LogP contribution in [0.4, 0.5) is 38.0 Å². The fourth-order valence-electron chi connectivity index (χ4n) is 5.02. The zero-order valence-electron chi connectivity index (χ0n) is 19.6. The molecule has 3 heterocycles. The minimum atomic E-state index is -5.65. The number of nitrogens with two attached hydrogens (primary N) is 1. The maximum Gasteiger partial charge on any atom is 0.453 e. The number of anilines is 2. The molecule has 0 bridgehead atoms. The lowest BCUT2D eigenvalue weighted by Gasteiger charge is -2.23. The number of carbonyl (C=O) groups excluding carboxylic acids is 1. The summed E-state index contributed by atoms with van der Waals surface area (Å²) in [5, 5.41) is 6.96. The smallest absolute Gasteiger partial charge is 0.383 e. The van der Waals surface area contributed by atoms with Gasteiger partial charge in [0.25, 0.3) is 5.95 Å². The molecule has 1 aliphatic heterocycles. The number of carbonyl (C=O) groups is 1. The van der Waals surface area contributed by atoms with E-state index in [9.17, 15) is 31.1 Å². The fourth-order valence-corrected chi connectivity index (χ4v) is 5.02. The Morgan fingerprint density at radius 2 is 1.86 bits per heavy atom. The van der Waals surface area contributed by atoms with E-state index in [-0.39, 0.29) is 28.8 Å². The van der Waals surface area contributed by atoms with Crippen molar-refractivity contribution in [2.24, 2.45) is 0 Å². The number of alkyl halides is 5. The first-order valence-corrected chi connectivity index (χ1v) is 11.6. The molecule has 1 aromatic carbocycles. The molecule has 0 radical (unpaired) electrons. The van der Waals surface area contributed by atoms with Crippen LogP contribution in [0.15, 0.2) is 24.3 Å². The van der Waals surface area contributed by atoms with Gasteiger partial charge in [-0.1, -0.05) is 12.1 Å². The summed E-state index contributed by atoms with van der Waals surface area (Å²) >= 11 is 0. The SMILES string of the molecule is CC1(c2cccc(F)c2)C(=O)Nc2nc(-n3nc(CCC(F)(F)C(F)(F)F)c4c3CCCC4)nc(N)c21. The van der Waals surface area contributed by atoms with E-state index in [0.29, 0.717) is 29.7 Å². The van der Waals surface area contributed by atoms with Gasteiger partial charge in [-0.25, -0.2) is 9.07 Å². The van der Waals surface area contributed by atoms with Gasteiger partial charge in [0.2, 0.25) is 5.91 Å². The van der Waals surface area contributed by atoms with Crippen molar-refractivity contribution in [1.82, 2.24) is 19.7 Å². The molecule has 1 amide bonds. The molecule has 0 saturated carbocycles. The molecule has 7 nitrogen and oxygen atoms in total. The van der Waals surface area contributed by atoms with E-state index in [2.05, 4.69) is 20.4 Å². The number of nitrogens with one attached hydrogen (secondary N) is 1. The third-order valence-electron chi connectivity index (χ3n) is 7.06. The predicted octanol–water partition coefficient (Wildman–Crippen LogP) is 4.65. The number of rotatable bonds is 5. The Bertz CT molecular complexity index is 1400. The maximum atomic E-state index is 13.9. The van der Waals surface area contributed by atoms with Gasteiger partial charge in [-0.05, 0) is 62.3 Å². The molecule has 1 unspecified atom stereocenters. The van der Waals surface area contributed by atoms with Crippen molar-refractivity contribution in [1.29, 1.82) is 0 Å². The van der Waals surface area contributed by atoms with Crippen molar-refractivity contribution in [3.8, 4) is 5.95 Å². The number of aryl methyl sites for hydroxylation is 1. The third-order valence-corrected chi connectivity index (χ3v) is 7.06. The van der Waals surface area contributed by atoms with Crippen LogP contribution in [0.2, 0.25) is 0 Å². The van der Waals surface area contributed by atoms with Crippen molar-refractivity contribution in [2.45, 2.75) is 63.0 Å². The van der Waals surface area contributed by atoms with E-state index in [1.165, 1.54) is 22.9 Å². The summed E-state index contributed by atoms with van der Waals surface area (Å²) in [6.45, 7) is 1.57. The lowest BCUT2D eigenvalue weighted by atomic mass is 9.78. The van der Waals surface area contributed by atoms with Gasteiger partial charge in [-0.2, -0.15) is 37.0 Å². The van der Waals surface area contributed by atoms with Crippen molar-refractivity contribution in [3.63, 3.8) is 0 Å². The molecular weight excluding hydrogens is 502 g/mol. The van der Waals surface area contributed by atoms with E-state index >= 15 is 0 Å². The van der Waals surface area contributed by atoms with Gasteiger partial charge in [0, 0.05) is 6.42 Å². The highest BCUT2D eigenvalue weighted by molar-refractivity contribution is 6.09. The van der Waals surface area contributed by atoms with Crippen molar-refractivity contribution in [3.05, 3.63) is 58.2 Å². The number of aromatic nitrogens is 4.